The number of fused-ring (bicyclic) bond motifs is 3. The number of hydrogen-bond acceptors (Lipinski definition) is 3. The van der Waals surface area contributed by atoms with Crippen molar-refractivity contribution in [3.8, 4) is 0 Å². The van der Waals surface area contributed by atoms with Crippen molar-refractivity contribution in [1.82, 2.24) is 10.2 Å². The number of nitrogen functional groups attached to an aromatic ring is 1. The summed E-state index contributed by atoms with van der Waals surface area (Å²) < 4.78 is 0. The lowest BCUT2D eigenvalue weighted by Gasteiger charge is -2.44. The molecule has 0 amide bonds. The maximum Gasteiger partial charge on any atom is 0.0476 e. The second-order valence-electron chi connectivity index (χ2n) is 6.03. The molecular formula is C18H21N3. The first-order valence-corrected chi connectivity index (χ1v) is 7.72. The molecule has 3 heteroatoms. The van der Waals surface area contributed by atoms with Crippen LogP contribution in [0.2, 0.25) is 0 Å². The largest absolute Gasteiger partial charge is 0.398 e. The number of anilines is 1. The molecule has 0 spiro atoms. The first kappa shape index (κ1) is 12.9. The van der Waals surface area contributed by atoms with Gasteiger partial charge in [-0.1, -0.05) is 42.5 Å². The monoisotopic (exact) mass is 279 g/mol. The number of hydrogen-bond donors (Lipinski definition) is 2. The van der Waals surface area contributed by atoms with Gasteiger partial charge in [-0.15, -0.1) is 0 Å². The molecule has 0 radical (unpaired) electrons. The quantitative estimate of drug-likeness (QED) is 0.787. The lowest BCUT2D eigenvalue weighted by atomic mass is 9.80. The maximum atomic E-state index is 6.25. The van der Waals surface area contributed by atoms with Crippen LogP contribution in [0.25, 0.3) is 0 Å². The Morgan fingerprint density at radius 3 is 2.48 bits per heavy atom. The molecule has 1 saturated heterocycles. The van der Waals surface area contributed by atoms with Crippen LogP contribution in [0, 0.1) is 0 Å². The topological polar surface area (TPSA) is 41.3 Å². The third kappa shape index (κ3) is 2.13. The standard InChI is InChI=1S/C18H21N3/c19-17-8-4-3-6-14(17)16-12-21-10-9-20-11-18(21)15-7-2-1-5-13(15)16/h1-8,16,18,20H,9-12,19H2/t16-,18+/m1/s1. The smallest absolute Gasteiger partial charge is 0.0476 e. The summed E-state index contributed by atoms with van der Waals surface area (Å²) in [5, 5.41) is 3.52. The molecule has 3 N–H and O–H groups in total. The van der Waals surface area contributed by atoms with Gasteiger partial charge in [0.15, 0.2) is 0 Å². The van der Waals surface area contributed by atoms with Gasteiger partial charge < -0.3 is 11.1 Å². The van der Waals surface area contributed by atoms with Gasteiger partial charge in [-0.3, -0.25) is 4.90 Å². The SMILES string of the molecule is Nc1ccccc1[C@@H]1CN2CCNC[C@H]2c2ccccc21. The Hall–Kier alpha value is -1.84. The van der Waals surface area contributed by atoms with Gasteiger partial charge in [-0.2, -0.15) is 0 Å². The van der Waals surface area contributed by atoms with Gasteiger partial charge in [0.2, 0.25) is 0 Å². The molecule has 0 bridgehead atoms. The Bertz CT molecular complexity index is 652. The highest BCUT2D eigenvalue weighted by molar-refractivity contribution is 5.54. The normalized spacial score (nSPS) is 25.1. The van der Waals surface area contributed by atoms with E-state index in [0.717, 1.165) is 31.9 Å². The zero-order valence-electron chi connectivity index (χ0n) is 12.1. The highest BCUT2D eigenvalue weighted by atomic mass is 15.2. The number of benzene rings is 2. The van der Waals surface area contributed by atoms with Crippen LogP contribution >= 0.6 is 0 Å². The van der Waals surface area contributed by atoms with Gasteiger partial charge in [-0.05, 0) is 22.8 Å². The van der Waals surface area contributed by atoms with Crippen molar-refractivity contribution in [2.75, 3.05) is 31.9 Å². The lowest BCUT2D eigenvalue weighted by Crippen LogP contribution is -2.50. The summed E-state index contributed by atoms with van der Waals surface area (Å²) in [4.78, 5) is 2.61. The molecule has 4 rings (SSSR count). The second kappa shape index (κ2) is 5.17. The van der Waals surface area contributed by atoms with Crippen LogP contribution in [0.1, 0.15) is 28.7 Å². The summed E-state index contributed by atoms with van der Waals surface area (Å²) in [6, 6.07) is 17.7. The van der Waals surface area contributed by atoms with E-state index in [1.165, 1.54) is 16.7 Å². The summed E-state index contributed by atoms with van der Waals surface area (Å²) in [6.07, 6.45) is 0. The van der Waals surface area contributed by atoms with E-state index in [0.29, 0.717) is 12.0 Å². The van der Waals surface area contributed by atoms with Crippen LogP contribution in [0.5, 0.6) is 0 Å². The van der Waals surface area contributed by atoms with Gasteiger partial charge in [0.05, 0.1) is 0 Å². The molecule has 3 nitrogen and oxygen atoms in total. The third-order valence-electron chi connectivity index (χ3n) is 4.87. The molecule has 0 aromatic heterocycles. The van der Waals surface area contributed by atoms with Gasteiger partial charge in [0, 0.05) is 43.8 Å². The van der Waals surface area contributed by atoms with E-state index in [4.69, 9.17) is 5.73 Å². The molecule has 2 atom stereocenters. The van der Waals surface area contributed by atoms with Crippen molar-refractivity contribution in [2.45, 2.75) is 12.0 Å². The molecule has 2 heterocycles. The number of para-hydroxylation sites is 1. The van der Waals surface area contributed by atoms with Crippen molar-refractivity contribution in [3.05, 3.63) is 65.2 Å². The first-order chi connectivity index (χ1) is 10.3. The Balaban J connectivity index is 1.83. The summed E-state index contributed by atoms with van der Waals surface area (Å²) in [7, 11) is 0. The van der Waals surface area contributed by atoms with Crippen molar-refractivity contribution in [1.29, 1.82) is 0 Å². The zero-order chi connectivity index (χ0) is 14.2. The molecule has 0 unspecified atom stereocenters. The molecule has 1 fully saturated rings. The van der Waals surface area contributed by atoms with E-state index in [1.54, 1.807) is 0 Å². The highest BCUT2D eigenvalue weighted by Crippen LogP contribution is 2.41. The minimum absolute atomic E-state index is 0.386. The van der Waals surface area contributed by atoms with E-state index in [1.807, 2.05) is 12.1 Å². The Kier molecular flexibility index (Phi) is 3.17. The fourth-order valence-corrected chi connectivity index (χ4v) is 3.83. The molecule has 2 aliphatic rings. The average molecular weight is 279 g/mol. The van der Waals surface area contributed by atoms with Crippen molar-refractivity contribution in [2.24, 2.45) is 0 Å². The van der Waals surface area contributed by atoms with Gasteiger partial charge in [-0.25, -0.2) is 0 Å². The summed E-state index contributed by atoms with van der Waals surface area (Å²) >= 11 is 0. The van der Waals surface area contributed by atoms with Crippen LogP contribution in [0.15, 0.2) is 48.5 Å². The van der Waals surface area contributed by atoms with Gasteiger partial charge in [0.1, 0.15) is 0 Å². The summed E-state index contributed by atoms with van der Waals surface area (Å²) in [5.74, 6) is 0.386. The number of nitrogens with one attached hydrogen (secondary N) is 1. The maximum absolute atomic E-state index is 6.25. The molecular weight excluding hydrogens is 258 g/mol. The minimum Gasteiger partial charge on any atom is -0.398 e. The summed E-state index contributed by atoms with van der Waals surface area (Å²) in [5.41, 5.74) is 11.3. The fourth-order valence-electron chi connectivity index (χ4n) is 3.83. The van der Waals surface area contributed by atoms with E-state index >= 15 is 0 Å². The minimum atomic E-state index is 0.386. The third-order valence-corrected chi connectivity index (χ3v) is 4.87. The molecule has 21 heavy (non-hydrogen) atoms. The summed E-state index contributed by atoms with van der Waals surface area (Å²) in [6.45, 7) is 4.31. The van der Waals surface area contributed by atoms with Gasteiger partial charge in [0.25, 0.3) is 0 Å². The average Bonchev–Trinajstić information content (AvgIpc) is 2.55. The lowest BCUT2D eigenvalue weighted by molar-refractivity contribution is 0.143. The van der Waals surface area contributed by atoms with Crippen molar-refractivity contribution < 1.29 is 0 Å². The Morgan fingerprint density at radius 2 is 1.67 bits per heavy atom. The predicted molar refractivity (Wildman–Crippen MR) is 86.3 cm³/mol. The first-order valence-electron chi connectivity index (χ1n) is 7.72. The number of nitrogens with two attached hydrogens (primary N) is 1. The van der Waals surface area contributed by atoms with Crippen molar-refractivity contribution in [3.63, 3.8) is 0 Å². The van der Waals surface area contributed by atoms with E-state index in [2.05, 4.69) is 46.6 Å². The van der Waals surface area contributed by atoms with Crippen LogP contribution in [-0.4, -0.2) is 31.1 Å². The van der Waals surface area contributed by atoms with Crippen molar-refractivity contribution >= 4 is 5.69 Å². The van der Waals surface area contributed by atoms with Crippen LogP contribution in [0.4, 0.5) is 5.69 Å². The van der Waals surface area contributed by atoms with Crippen LogP contribution in [0.3, 0.4) is 0 Å². The number of nitrogens with zero attached hydrogens (tertiary/aromatic N) is 1. The number of piperazine rings is 1. The molecule has 0 aliphatic carbocycles. The molecule has 108 valence electrons. The van der Waals surface area contributed by atoms with Gasteiger partial charge >= 0.3 is 0 Å². The van der Waals surface area contributed by atoms with Crippen LogP contribution in [-0.2, 0) is 0 Å². The molecule has 2 aromatic carbocycles. The van der Waals surface area contributed by atoms with E-state index < -0.39 is 0 Å². The predicted octanol–water partition coefficient (Wildman–Crippen LogP) is 2.36. The van der Waals surface area contributed by atoms with E-state index in [-0.39, 0.29) is 0 Å². The Labute approximate surface area is 125 Å². The number of rotatable bonds is 1. The zero-order valence-corrected chi connectivity index (χ0v) is 12.1. The van der Waals surface area contributed by atoms with E-state index in [9.17, 15) is 0 Å². The molecule has 0 saturated carbocycles. The molecule has 2 aromatic rings. The second-order valence-corrected chi connectivity index (χ2v) is 6.03. The highest BCUT2D eigenvalue weighted by Gasteiger charge is 2.35. The molecule has 2 aliphatic heterocycles. The fraction of sp³-hybridized carbons (Fsp3) is 0.333. The Morgan fingerprint density at radius 1 is 0.952 bits per heavy atom. The van der Waals surface area contributed by atoms with Crippen LogP contribution < -0.4 is 11.1 Å².